The lowest BCUT2D eigenvalue weighted by Crippen LogP contribution is -2.60. The molecule has 1 aromatic rings. The Morgan fingerprint density at radius 3 is 2.35 bits per heavy atom. The van der Waals surface area contributed by atoms with Gasteiger partial charge in [0.2, 0.25) is 0 Å². The second-order valence-electron chi connectivity index (χ2n) is 8.13. The third kappa shape index (κ3) is 3.22. The summed E-state index contributed by atoms with van der Waals surface area (Å²) in [6, 6.07) is 4.11. The second-order valence-corrected chi connectivity index (χ2v) is 8.13. The number of benzene rings is 1. The van der Waals surface area contributed by atoms with Gasteiger partial charge < -0.3 is 14.8 Å². The minimum Gasteiger partial charge on any atom is -0.493 e. The van der Waals surface area contributed by atoms with E-state index in [1.54, 1.807) is 0 Å². The fourth-order valence-electron chi connectivity index (χ4n) is 5.63. The van der Waals surface area contributed by atoms with E-state index in [-0.39, 0.29) is 29.5 Å². The smallest absolute Gasteiger partial charge is 0.273 e. The predicted molar refractivity (Wildman–Crippen MR) is 94.2 cm³/mol. The lowest BCUT2D eigenvalue weighted by Gasteiger charge is -2.56. The summed E-state index contributed by atoms with van der Waals surface area (Å²) in [6.45, 7) is -0.167. The lowest BCUT2D eigenvalue weighted by molar-refractivity contribution is -0.385. The number of carbonyl (C=O) groups is 1. The van der Waals surface area contributed by atoms with E-state index >= 15 is 0 Å². The van der Waals surface area contributed by atoms with Gasteiger partial charge in [0.25, 0.3) is 11.6 Å². The molecule has 0 saturated heterocycles. The van der Waals surface area contributed by atoms with Crippen LogP contribution in [0.5, 0.6) is 11.5 Å². The topological polar surface area (TPSA) is 90.7 Å². The van der Waals surface area contributed by atoms with Crippen molar-refractivity contribution in [1.29, 1.82) is 0 Å². The summed E-state index contributed by atoms with van der Waals surface area (Å²) in [6.07, 6.45) is 7.17. The average molecular weight is 360 g/mol. The number of nitro groups is 1. The average Bonchev–Trinajstić information content (AvgIpc) is 2.58. The van der Waals surface area contributed by atoms with Gasteiger partial charge >= 0.3 is 0 Å². The Morgan fingerprint density at radius 1 is 1.19 bits per heavy atom. The van der Waals surface area contributed by atoms with Crippen molar-refractivity contribution >= 4 is 11.6 Å². The van der Waals surface area contributed by atoms with Crippen LogP contribution in [0.2, 0.25) is 0 Å². The highest BCUT2D eigenvalue weighted by Gasteiger charge is 2.51. The van der Waals surface area contributed by atoms with Gasteiger partial charge in [0, 0.05) is 11.6 Å². The Morgan fingerprint density at radius 2 is 1.81 bits per heavy atom. The molecule has 0 unspecified atom stereocenters. The van der Waals surface area contributed by atoms with Gasteiger partial charge in [0.1, 0.15) is 0 Å². The van der Waals surface area contributed by atoms with E-state index < -0.39 is 4.92 Å². The standard InChI is InChI=1S/C19H24N2O5/c1-25-16-3-2-15(21(23)24)7-17(16)26-11-18(22)20-19-8-12-4-13(9-19)6-14(5-12)10-19/h2-3,7,12-14H,4-6,8-11H2,1H3,(H,20,22). The van der Waals surface area contributed by atoms with E-state index in [4.69, 9.17) is 9.47 Å². The number of ether oxygens (including phenoxy) is 2. The number of carbonyl (C=O) groups excluding carboxylic acids is 1. The van der Waals surface area contributed by atoms with Crippen LogP contribution >= 0.6 is 0 Å². The summed E-state index contributed by atoms with van der Waals surface area (Å²) in [5.41, 5.74) is -0.163. The Hall–Kier alpha value is -2.31. The lowest BCUT2D eigenvalue weighted by atomic mass is 9.53. The summed E-state index contributed by atoms with van der Waals surface area (Å²) in [5, 5.41) is 14.2. The fourth-order valence-corrected chi connectivity index (χ4v) is 5.63. The van der Waals surface area contributed by atoms with Gasteiger partial charge in [-0.05, 0) is 62.3 Å². The van der Waals surface area contributed by atoms with Crippen molar-refractivity contribution in [3.05, 3.63) is 28.3 Å². The minimum atomic E-state index is -0.498. The van der Waals surface area contributed by atoms with Gasteiger partial charge in [-0.1, -0.05) is 0 Å². The van der Waals surface area contributed by atoms with Crippen LogP contribution in [-0.4, -0.2) is 30.1 Å². The number of rotatable bonds is 6. The van der Waals surface area contributed by atoms with Crippen molar-refractivity contribution < 1.29 is 19.2 Å². The molecule has 4 saturated carbocycles. The van der Waals surface area contributed by atoms with Crippen molar-refractivity contribution in [2.45, 2.75) is 44.1 Å². The molecule has 4 aliphatic carbocycles. The molecule has 4 aliphatic rings. The van der Waals surface area contributed by atoms with Crippen molar-refractivity contribution in [3.63, 3.8) is 0 Å². The first-order valence-electron chi connectivity index (χ1n) is 9.22. The number of hydrogen-bond acceptors (Lipinski definition) is 5. The maximum atomic E-state index is 12.5. The van der Waals surface area contributed by atoms with Crippen LogP contribution in [0, 0.1) is 27.9 Å². The van der Waals surface area contributed by atoms with Crippen LogP contribution in [0.25, 0.3) is 0 Å². The molecule has 7 nitrogen and oxygen atoms in total. The maximum absolute atomic E-state index is 12.5. The van der Waals surface area contributed by atoms with Gasteiger partial charge in [-0.15, -0.1) is 0 Å². The summed E-state index contributed by atoms with van der Waals surface area (Å²) >= 11 is 0. The molecule has 26 heavy (non-hydrogen) atoms. The quantitative estimate of drug-likeness (QED) is 0.622. The Balaban J connectivity index is 1.40. The molecule has 140 valence electrons. The monoisotopic (exact) mass is 360 g/mol. The van der Waals surface area contributed by atoms with E-state index in [1.807, 2.05) is 0 Å². The first-order valence-corrected chi connectivity index (χ1v) is 9.22. The van der Waals surface area contributed by atoms with Gasteiger partial charge in [-0.3, -0.25) is 14.9 Å². The Kier molecular flexibility index (Phi) is 4.25. The van der Waals surface area contributed by atoms with Gasteiger partial charge in [0.15, 0.2) is 18.1 Å². The molecule has 0 heterocycles. The fraction of sp³-hybridized carbons (Fsp3) is 0.632. The predicted octanol–water partition coefficient (Wildman–Crippen LogP) is 3.07. The molecule has 0 radical (unpaired) electrons. The first kappa shape index (κ1) is 17.1. The molecule has 1 N–H and O–H groups in total. The van der Waals surface area contributed by atoms with Gasteiger partial charge in [-0.25, -0.2) is 0 Å². The van der Waals surface area contributed by atoms with E-state index in [0.29, 0.717) is 5.75 Å². The molecule has 4 bridgehead atoms. The maximum Gasteiger partial charge on any atom is 0.273 e. The molecule has 0 aliphatic heterocycles. The Bertz CT molecular complexity index is 697. The van der Waals surface area contributed by atoms with Crippen LogP contribution in [0.15, 0.2) is 18.2 Å². The van der Waals surface area contributed by atoms with Crippen LogP contribution in [-0.2, 0) is 4.79 Å². The molecular formula is C19H24N2O5. The van der Waals surface area contributed by atoms with Crippen LogP contribution in [0.1, 0.15) is 38.5 Å². The van der Waals surface area contributed by atoms with Crippen molar-refractivity contribution in [3.8, 4) is 11.5 Å². The first-order chi connectivity index (χ1) is 12.5. The highest BCUT2D eigenvalue weighted by atomic mass is 16.6. The third-order valence-electron chi connectivity index (χ3n) is 6.16. The molecule has 0 aromatic heterocycles. The molecule has 4 fully saturated rings. The van der Waals surface area contributed by atoms with E-state index in [9.17, 15) is 14.9 Å². The van der Waals surface area contributed by atoms with Crippen molar-refractivity contribution in [2.24, 2.45) is 17.8 Å². The van der Waals surface area contributed by atoms with Crippen LogP contribution in [0.3, 0.4) is 0 Å². The number of nitrogens with one attached hydrogen (secondary N) is 1. The highest BCUT2D eigenvalue weighted by molar-refractivity contribution is 5.78. The van der Waals surface area contributed by atoms with E-state index in [2.05, 4.69) is 5.32 Å². The van der Waals surface area contributed by atoms with Crippen LogP contribution in [0.4, 0.5) is 5.69 Å². The van der Waals surface area contributed by atoms with Crippen molar-refractivity contribution in [2.75, 3.05) is 13.7 Å². The van der Waals surface area contributed by atoms with Crippen LogP contribution < -0.4 is 14.8 Å². The number of methoxy groups -OCH3 is 1. The largest absolute Gasteiger partial charge is 0.493 e. The molecule has 7 heteroatoms. The summed E-state index contributed by atoms with van der Waals surface area (Å²) < 4.78 is 10.7. The molecule has 1 amide bonds. The summed E-state index contributed by atoms with van der Waals surface area (Å²) in [7, 11) is 1.46. The number of amides is 1. The molecular weight excluding hydrogens is 336 g/mol. The highest BCUT2D eigenvalue weighted by Crippen LogP contribution is 2.55. The molecule has 5 rings (SSSR count). The minimum absolute atomic E-state index is 0.0675. The molecule has 0 atom stereocenters. The second kappa shape index (κ2) is 6.45. The van der Waals surface area contributed by atoms with Gasteiger partial charge in [-0.2, -0.15) is 0 Å². The van der Waals surface area contributed by atoms with E-state index in [1.165, 1.54) is 44.6 Å². The molecule has 0 spiro atoms. The zero-order chi connectivity index (χ0) is 18.3. The Labute approximate surface area is 152 Å². The zero-order valence-corrected chi connectivity index (χ0v) is 14.9. The number of non-ortho nitro benzene ring substituents is 1. The summed E-state index contributed by atoms with van der Waals surface area (Å²) in [4.78, 5) is 22.9. The third-order valence-corrected chi connectivity index (χ3v) is 6.16. The number of hydrogen-bond donors (Lipinski definition) is 1. The van der Waals surface area contributed by atoms with E-state index in [0.717, 1.165) is 37.0 Å². The number of nitro benzene ring substituents is 1. The SMILES string of the molecule is COc1ccc([N+](=O)[O-])cc1OCC(=O)NC12CC3CC(CC(C3)C1)C2. The summed E-state index contributed by atoms with van der Waals surface area (Å²) in [5.74, 6) is 2.67. The zero-order valence-electron chi connectivity index (χ0n) is 14.9. The van der Waals surface area contributed by atoms with Gasteiger partial charge in [0.05, 0.1) is 18.1 Å². The van der Waals surface area contributed by atoms with Crippen molar-refractivity contribution in [1.82, 2.24) is 5.32 Å². The normalized spacial score (nSPS) is 31.5. The molecule has 1 aromatic carbocycles. The number of nitrogens with zero attached hydrogens (tertiary/aromatic N) is 1.